The van der Waals surface area contributed by atoms with Crippen LogP contribution in [0.25, 0.3) is 0 Å². The lowest BCUT2D eigenvalue weighted by molar-refractivity contribution is 0.812. The minimum atomic E-state index is -3.04. The minimum Gasteiger partial charge on any atom is -0.173 e. The summed E-state index contributed by atoms with van der Waals surface area (Å²) in [7, 11) is 0. The van der Waals surface area contributed by atoms with Gasteiger partial charge in [0.2, 0.25) is 0 Å². The quantitative estimate of drug-likeness (QED) is 0.439. The van der Waals surface area contributed by atoms with E-state index in [1.165, 1.54) is 0 Å². The van der Waals surface area contributed by atoms with Gasteiger partial charge in [-0.05, 0) is 0 Å². The Labute approximate surface area is 51.3 Å². The van der Waals surface area contributed by atoms with Gasteiger partial charge in [0, 0.05) is 15.7 Å². The average Bonchev–Trinajstić information content (AvgIpc) is 1.80. The topological polar surface area (TPSA) is 0 Å². The van der Waals surface area contributed by atoms with Crippen LogP contribution in [0.1, 0.15) is 31.5 Å². The van der Waals surface area contributed by atoms with Gasteiger partial charge in [-0.3, -0.25) is 0 Å². The van der Waals surface area contributed by atoms with Crippen LogP contribution >= 0.6 is 12.5 Å². The lowest BCUT2D eigenvalue weighted by Crippen LogP contribution is -1.99. The molecule has 0 aliphatic rings. The van der Waals surface area contributed by atoms with Gasteiger partial charge in [-0.2, -0.15) is 12.5 Å². The van der Waals surface area contributed by atoms with Crippen LogP contribution in [-0.4, -0.2) is 5.87 Å². The molecule has 0 atom stereocenters. The molecule has 32 valence electrons. The highest BCUT2D eigenvalue weighted by atomic mass is 32.1. The third kappa shape index (κ3) is 196. The van der Waals surface area contributed by atoms with Gasteiger partial charge in [0.15, 0.2) is 0 Å². The summed E-state index contributed by atoms with van der Waals surface area (Å²) in [6, 6.07) is 0. The van der Waals surface area contributed by atoms with Gasteiger partial charge >= 0.3 is 0 Å². The molecule has 0 aromatic heterocycles. The van der Waals surface area contributed by atoms with Gasteiger partial charge in [0.25, 0.3) is 0 Å². The van der Waals surface area contributed by atoms with Crippen LogP contribution in [0.15, 0.2) is 0 Å². The van der Waals surface area contributed by atoms with E-state index >= 15 is 0 Å². The van der Waals surface area contributed by atoms with Gasteiger partial charge in [-0.15, -0.1) is 0 Å². The maximum absolute atomic E-state index is 7.02. The Morgan fingerprint density at radius 1 is 2.00 bits per heavy atom. The summed E-state index contributed by atoms with van der Waals surface area (Å²) in [5, 5.41) is 0. The molecule has 0 radical (unpaired) electrons. The minimum absolute atomic E-state index is 0.211. The van der Waals surface area contributed by atoms with Crippen molar-refractivity contribution in [1.82, 2.24) is 0 Å². The average molecular weight is 99.2 g/mol. The zero-order valence-corrected chi connectivity index (χ0v) is 3.30. The van der Waals surface area contributed by atoms with E-state index in [1.54, 1.807) is 0 Å². The molecule has 0 aliphatic carbocycles. The number of hydrogen-bond donors (Lipinski definition) is 1. The molecule has 0 saturated heterocycles. The zero-order valence-electron chi connectivity index (χ0n) is 11.5. The van der Waals surface area contributed by atoms with Crippen molar-refractivity contribution in [3.8, 4) is 0 Å². The highest BCUT2D eigenvalue weighted by molar-refractivity contribution is 7.81. The lowest BCUT2D eigenvalue weighted by atomic mass is 10.3. The van der Waals surface area contributed by atoms with Crippen LogP contribution in [0.3, 0.4) is 0 Å². The molecule has 0 saturated carbocycles. The maximum atomic E-state index is 7.02. The second kappa shape index (κ2) is 1.21. The Hall–Kier alpha value is 0.350. The number of thiol groups is 1. The Bertz CT molecular complexity index is 176. The van der Waals surface area contributed by atoms with Crippen molar-refractivity contribution in [1.29, 1.82) is 1.12 Å². The summed E-state index contributed by atoms with van der Waals surface area (Å²) in [5.74, 6) is 0. The van der Waals surface area contributed by atoms with Gasteiger partial charge in [0.1, 0.15) is 1.12 Å². The Morgan fingerprint density at radius 3 is 2.80 bits per heavy atom. The molecule has 0 bridgehead atoms. The van der Waals surface area contributed by atoms with Crippen molar-refractivity contribution in [2.75, 3.05) is 0 Å². The summed E-state index contributed by atoms with van der Waals surface area (Å²) < 4.78 is 60.3. The number of hydrogen-bond acceptors (Lipinski definition) is 1. The largest absolute Gasteiger partial charge is 0.173 e. The lowest BCUT2D eigenvalue weighted by Gasteiger charge is -2.04. The molecule has 0 aromatic carbocycles. The zero-order chi connectivity index (χ0) is 11.8. The van der Waals surface area contributed by atoms with E-state index in [1.807, 2.05) is 0 Å². The van der Waals surface area contributed by atoms with Crippen LogP contribution in [0.2, 0.25) is 0 Å². The SMILES string of the molecule is [2H]SC(C([2H])[2H])(C([2H])([2H])[2H])C([2H])([2H])[2H]. The standard InChI is InChI=1S/C4H10S/c1-4(2,3)5/h5H,1-3H3/i1D2,2D3,3D3/hD. The molecule has 5 heavy (non-hydrogen) atoms. The molecule has 0 aliphatic heterocycles. The third-order valence-corrected chi connectivity index (χ3v) is 0. The van der Waals surface area contributed by atoms with Gasteiger partial charge in [-0.1, -0.05) is 20.6 Å². The molecular weight excluding hydrogens is 80.1 g/mol. The first-order valence-electron chi connectivity index (χ1n) is 5.56. The molecule has 0 nitrogen and oxygen atoms in total. The number of rotatable bonds is 0. The van der Waals surface area contributed by atoms with E-state index in [0.717, 1.165) is 0 Å². The second-order valence-corrected chi connectivity index (χ2v) is 1.38. The van der Waals surface area contributed by atoms with E-state index in [9.17, 15) is 0 Å². The summed E-state index contributed by atoms with van der Waals surface area (Å²) in [6.45, 7) is -8.21. The Balaban J connectivity index is 5.45. The van der Waals surface area contributed by atoms with Crippen molar-refractivity contribution in [3.63, 3.8) is 0 Å². The molecule has 0 amide bonds. The predicted octanol–water partition coefficient (Wildman–Crippen LogP) is 1.71. The molecule has 0 heterocycles. The van der Waals surface area contributed by atoms with Crippen LogP contribution in [0.4, 0.5) is 0 Å². The van der Waals surface area contributed by atoms with Crippen molar-refractivity contribution in [2.24, 2.45) is 0 Å². The van der Waals surface area contributed by atoms with Crippen LogP contribution < -0.4 is 0 Å². The van der Waals surface area contributed by atoms with Crippen molar-refractivity contribution >= 4 is 12.5 Å². The molecule has 0 unspecified atom stereocenters. The smallest absolute Gasteiger partial charge is 0.103 e. The molecule has 0 spiro atoms. The summed E-state index contributed by atoms with van der Waals surface area (Å²) in [5.41, 5.74) is 0. The first-order valence-corrected chi connectivity index (χ1v) is 1.40. The first-order chi connectivity index (χ1) is 6.00. The van der Waals surface area contributed by atoms with Crippen molar-refractivity contribution in [2.45, 2.75) is 25.3 Å². The van der Waals surface area contributed by atoms with E-state index < -0.39 is 25.3 Å². The highest BCUT2D eigenvalue weighted by Crippen LogP contribution is 2.07. The van der Waals surface area contributed by atoms with Gasteiger partial charge < -0.3 is 0 Å². The second-order valence-electron chi connectivity index (χ2n) is 0.736. The van der Waals surface area contributed by atoms with Crippen molar-refractivity contribution < 1.29 is 11.0 Å². The fraction of sp³-hybridized carbons (Fsp3) is 1.00. The fourth-order valence-electron chi connectivity index (χ4n) is 0. The molecule has 0 aromatic rings. The monoisotopic (exact) mass is 99.1 g/mol. The van der Waals surface area contributed by atoms with Crippen LogP contribution in [0, 0.1) is 0 Å². The Kier molecular flexibility index (Phi) is 0.138. The normalized spacial score (nSPS) is 43.8. The maximum Gasteiger partial charge on any atom is 0.103 e. The van der Waals surface area contributed by atoms with E-state index in [2.05, 4.69) is 0 Å². The third-order valence-electron chi connectivity index (χ3n) is 0. The molecule has 0 fully saturated rings. The van der Waals surface area contributed by atoms with E-state index in [4.69, 9.17) is 12.1 Å². The van der Waals surface area contributed by atoms with Gasteiger partial charge in [0.05, 0.1) is 0 Å². The van der Waals surface area contributed by atoms with E-state index in [0.29, 0.717) is 0 Å². The predicted molar refractivity (Wildman–Crippen MR) is 28.7 cm³/mol. The Morgan fingerprint density at radius 2 is 2.80 bits per heavy atom. The van der Waals surface area contributed by atoms with Gasteiger partial charge in [-0.25, -0.2) is 0 Å². The van der Waals surface area contributed by atoms with Crippen LogP contribution in [0.5, 0.6) is 0 Å². The fourth-order valence-corrected chi connectivity index (χ4v) is 0. The highest BCUT2D eigenvalue weighted by Gasteiger charge is 1.96. The van der Waals surface area contributed by atoms with Crippen molar-refractivity contribution in [3.05, 3.63) is 0 Å². The summed E-state index contributed by atoms with van der Waals surface area (Å²) in [6.07, 6.45) is 0. The summed E-state index contributed by atoms with van der Waals surface area (Å²) in [4.78, 5) is 0. The van der Waals surface area contributed by atoms with Crippen LogP contribution in [-0.2, 0) is 0 Å². The van der Waals surface area contributed by atoms with E-state index in [-0.39, 0.29) is 12.5 Å². The summed E-state index contributed by atoms with van der Waals surface area (Å²) >= 11 is -0.211. The molecule has 1 heteroatoms. The molecular formula is C4H10S. The molecule has 0 rings (SSSR count). The molecule has 0 N–H and O–H groups in total. The first kappa shape index (κ1) is 0.568.